The number of aliphatic hydroxyl groups is 8. The van der Waals surface area contributed by atoms with E-state index in [4.69, 9.17) is 28.2 Å². The van der Waals surface area contributed by atoms with Crippen LogP contribution in [-0.2, 0) is 47.9 Å². The Morgan fingerprint density at radius 3 is 1.77 bits per heavy atom. The third-order valence-corrected chi connectivity index (χ3v) is 7.55. The summed E-state index contributed by atoms with van der Waals surface area (Å²) in [7, 11) is -5.26. The molecule has 0 aromatic carbocycles. The summed E-state index contributed by atoms with van der Waals surface area (Å²) in [5.74, 6) is -1.39. The van der Waals surface area contributed by atoms with Gasteiger partial charge >= 0.3 is 10.4 Å². The molecule has 0 saturated carbocycles. The molecule has 11 N–H and O–H groups in total. The predicted molar refractivity (Wildman–Crippen MR) is 135 cm³/mol. The van der Waals surface area contributed by atoms with E-state index in [0.29, 0.717) is 0 Å². The lowest BCUT2D eigenvalue weighted by Gasteiger charge is -2.47. The number of aliphatic hydroxyl groups excluding tert-OH is 8. The number of carbonyl (C=O) groups is 2. The molecule has 256 valence electrons. The molecule has 0 aromatic heterocycles. The van der Waals surface area contributed by atoms with Crippen LogP contribution in [0.15, 0.2) is 0 Å². The van der Waals surface area contributed by atoms with Crippen molar-refractivity contribution >= 4 is 22.2 Å². The number of carbonyl (C=O) groups excluding carboxylic acids is 2. The van der Waals surface area contributed by atoms with Gasteiger partial charge in [0.2, 0.25) is 11.8 Å². The highest BCUT2D eigenvalue weighted by atomic mass is 32.3. The zero-order valence-corrected chi connectivity index (χ0v) is 24.1. The molecule has 0 radical (unpaired) electrons. The van der Waals surface area contributed by atoms with Crippen LogP contribution in [0.4, 0.5) is 0 Å². The van der Waals surface area contributed by atoms with Crippen LogP contribution >= 0.6 is 0 Å². The van der Waals surface area contributed by atoms with Crippen LogP contribution in [0.2, 0.25) is 0 Å². The SMILES string of the molecule is CC(=O)N[C@@H]1[C@@H](O[C@@H]2O[C@H](CO)[C@H](O)[C@H](OS(=O)(=O)O)[C@H]2O)[C@@H](O)[C@@H](CO[C@@H]2O[C@H](CO)[C@@H](O)[C@H](O)[C@H]2NC(C)=O)O[C@@H]1O. The first-order valence-corrected chi connectivity index (χ1v) is 14.6. The first-order chi connectivity index (χ1) is 20.5. The highest BCUT2D eigenvalue weighted by Gasteiger charge is 2.53. The van der Waals surface area contributed by atoms with Crippen molar-refractivity contribution in [2.45, 2.75) is 106 Å². The lowest BCUT2D eigenvalue weighted by molar-refractivity contribution is -0.344. The van der Waals surface area contributed by atoms with Crippen LogP contribution in [0.3, 0.4) is 0 Å². The van der Waals surface area contributed by atoms with Gasteiger partial charge < -0.3 is 75.2 Å². The fourth-order valence-electron chi connectivity index (χ4n) is 5.00. The summed E-state index contributed by atoms with van der Waals surface area (Å²) >= 11 is 0. The molecular formula is C22H38N2O19S. The second-order valence-electron chi connectivity index (χ2n) is 10.3. The second kappa shape index (κ2) is 15.3. The van der Waals surface area contributed by atoms with Crippen LogP contribution < -0.4 is 10.6 Å². The molecule has 0 aliphatic carbocycles. The van der Waals surface area contributed by atoms with E-state index in [0.717, 1.165) is 13.8 Å². The standard InChI is InChI=1S/C22H38N2O19S/c1-6(27)23-11-16(32)13(29)8(3-25)40-21(11)38-5-10-15(31)18(12(20(34)39-10)24-7(2)28)42-22-17(33)19(43-44(35,36)37)14(30)9(4-26)41-22/h8-22,25-26,29-34H,3-5H2,1-2H3,(H,23,27)(H,24,28)(H,35,36,37)/t8-,9-,10-,11-,12-,13-,14+,15+,16-,17-,18-,19+,20+,21-,22+/m1/s1. The normalized spacial score (nSPS) is 43.3. The summed E-state index contributed by atoms with van der Waals surface area (Å²) in [5.41, 5.74) is 0. The Kier molecular flexibility index (Phi) is 12.7. The van der Waals surface area contributed by atoms with E-state index < -0.39 is 134 Å². The molecule has 0 aromatic rings. The van der Waals surface area contributed by atoms with Crippen molar-refractivity contribution in [1.82, 2.24) is 10.6 Å². The zero-order chi connectivity index (χ0) is 33.1. The summed E-state index contributed by atoms with van der Waals surface area (Å²) < 4.78 is 63.3. The Morgan fingerprint density at radius 2 is 1.23 bits per heavy atom. The first-order valence-electron chi connectivity index (χ1n) is 13.2. The molecule has 3 heterocycles. The van der Waals surface area contributed by atoms with Crippen molar-refractivity contribution < 1.29 is 91.3 Å². The molecule has 3 rings (SSSR count). The lowest BCUT2D eigenvalue weighted by Crippen LogP contribution is -2.68. The Morgan fingerprint density at radius 1 is 0.705 bits per heavy atom. The molecule has 0 spiro atoms. The van der Waals surface area contributed by atoms with Crippen molar-refractivity contribution in [2.24, 2.45) is 0 Å². The largest absolute Gasteiger partial charge is 0.397 e. The fraction of sp³-hybridized carbons (Fsp3) is 0.909. The molecule has 44 heavy (non-hydrogen) atoms. The summed E-state index contributed by atoms with van der Waals surface area (Å²) in [4.78, 5) is 23.5. The van der Waals surface area contributed by atoms with Crippen molar-refractivity contribution in [3.8, 4) is 0 Å². The van der Waals surface area contributed by atoms with Crippen molar-refractivity contribution in [3.63, 3.8) is 0 Å². The lowest BCUT2D eigenvalue weighted by atomic mass is 9.95. The predicted octanol–water partition coefficient (Wildman–Crippen LogP) is -7.46. The summed E-state index contributed by atoms with van der Waals surface area (Å²) in [6.07, 6.45) is -23.3. The van der Waals surface area contributed by atoms with Crippen molar-refractivity contribution in [3.05, 3.63) is 0 Å². The van der Waals surface area contributed by atoms with E-state index in [2.05, 4.69) is 14.8 Å². The number of amides is 2. The molecule has 3 fully saturated rings. The fourth-order valence-corrected chi connectivity index (χ4v) is 5.51. The Labute approximate surface area is 250 Å². The minimum Gasteiger partial charge on any atom is -0.394 e. The monoisotopic (exact) mass is 666 g/mol. The van der Waals surface area contributed by atoms with Crippen LogP contribution in [0, 0.1) is 0 Å². The third kappa shape index (κ3) is 8.75. The molecule has 3 aliphatic rings. The average molecular weight is 667 g/mol. The zero-order valence-electron chi connectivity index (χ0n) is 23.3. The van der Waals surface area contributed by atoms with Gasteiger partial charge in [-0.15, -0.1) is 0 Å². The highest BCUT2D eigenvalue weighted by Crippen LogP contribution is 2.31. The van der Waals surface area contributed by atoms with Gasteiger partial charge in [0.25, 0.3) is 0 Å². The van der Waals surface area contributed by atoms with Gasteiger partial charge in [-0.05, 0) is 0 Å². The van der Waals surface area contributed by atoms with Crippen LogP contribution in [0.1, 0.15) is 13.8 Å². The van der Waals surface area contributed by atoms with Gasteiger partial charge in [0, 0.05) is 13.8 Å². The molecule has 3 aliphatic heterocycles. The quantitative estimate of drug-likeness (QED) is 0.0912. The molecule has 15 atom stereocenters. The maximum Gasteiger partial charge on any atom is 0.397 e. The maximum atomic E-state index is 11.9. The van der Waals surface area contributed by atoms with Gasteiger partial charge in [0.15, 0.2) is 18.9 Å². The van der Waals surface area contributed by atoms with Gasteiger partial charge in [-0.1, -0.05) is 0 Å². The molecule has 0 unspecified atom stereocenters. The van der Waals surface area contributed by atoms with E-state index >= 15 is 0 Å². The van der Waals surface area contributed by atoms with Gasteiger partial charge in [-0.3, -0.25) is 14.1 Å². The number of hydrogen-bond acceptors (Lipinski definition) is 18. The van der Waals surface area contributed by atoms with Gasteiger partial charge in [0.1, 0.15) is 73.1 Å². The Bertz CT molecular complexity index is 1080. The Hall–Kier alpha value is -1.71. The van der Waals surface area contributed by atoms with E-state index in [-0.39, 0.29) is 0 Å². The van der Waals surface area contributed by atoms with Crippen LogP contribution in [0.25, 0.3) is 0 Å². The number of nitrogens with one attached hydrogen (secondary N) is 2. The number of rotatable bonds is 11. The van der Waals surface area contributed by atoms with Gasteiger partial charge in [-0.25, -0.2) is 4.18 Å². The third-order valence-electron chi connectivity index (χ3n) is 7.08. The minimum absolute atomic E-state index is 0.648. The van der Waals surface area contributed by atoms with Gasteiger partial charge in [0.05, 0.1) is 19.8 Å². The second-order valence-corrected chi connectivity index (χ2v) is 11.4. The van der Waals surface area contributed by atoms with Crippen LogP contribution in [-0.4, -0.2) is 177 Å². The summed E-state index contributed by atoms with van der Waals surface area (Å²) in [6, 6.07) is -2.95. The highest BCUT2D eigenvalue weighted by molar-refractivity contribution is 7.80. The average Bonchev–Trinajstić information content (AvgIpc) is 2.93. The Balaban J connectivity index is 1.84. The van der Waals surface area contributed by atoms with Crippen molar-refractivity contribution in [2.75, 3.05) is 19.8 Å². The van der Waals surface area contributed by atoms with E-state index in [1.807, 2.05) is 0 Å². The van der Waals surface area contributed by atoms with Gasteiger partial charge in [-0.2, -0.15) is 8.42 Å². The summed E-state index contributed by atoms with van der Waals surface area (Å²) in [5, 5.41) is 87.1. The molecule has 3 saturated heterocycles. The molecule has 21 nitrogen and oxygen atoms in total. The summed E-state index contributed by atoms with van der Waals surface area (Å²) in [6.45, 7) is -0.249. The smallest absolute Gasteiger partial charge is 0.394 e. The molecular weight excluding hydrogens is 628 g/mol. The minimum atomic E-state index is -5.26. The number of ether oxygens (including phenoxy) is 5. The topological polar surface area (TPSA) is 330 Å². The van der Waals surface area contributed by atoms with Crippen LogP contribution in [0.5, 0.6) is 0 Å². The molecule has 22 heteroatoms. The molecule has 2 amide bonds. The van der Waals surface area contributed by atoms with Crippen molar-refractivity contribution in [1.29, 1.82) is 0 Å². The van der Waals surface area contributed by atoms with E-state index in [1.54, 1.807) is 0 Å². The number of hydrogen-bond donors (Lipinski definition) is 11. The molecule has 0 bridgehead atoms. The van der Waals surface area contributed by atoms with E-state index in [9.17, 15) is 58.9 Å². The maximum absolute atomic E-state index is 11.9. The van der Waals surface area contributed by atoms with E-state index in [1.165, 1.54) is 0 Å². The first kappa shape index (κ1) is 36.8.